The van der Waals surface area contributed by atoms with E-state index in [2.05, 4.69) is 10.4 Å². The van der Waals surface area contributed by atoms with E-state index in [0.717, 1.165) is 27.5 Å². The number of ketones is 1. The van der Waals surface area contributed by atoms with Crippen LogP contribution in [0, 0.1) is 5.41 Å². The maximum atomic E-state index is 12.6. The lowest BCUT2D eigenvalue weighted by Crippen LogP contribution is -2.27. The minimum atomic E-state index is -0.627. The van der Waals surface area contributed by atoms with E-state index < -0.39 is 11.7 Å². The Labute approximate surface area is 244 Å². The first kappa shape index (κ1) is 28.7. The van der Waals surface area contributed by atoms with Gasteiger partial charge in [0.15, 0.2) is 11.6 Å². The van der Waals surface area contributed by atoms with Gasteiger partial charge in [0.05, 0.1) is 17.2 Å². The lowest BCUT2D eigenvalue weighted by Gasteiger charge is -2.19. The Kier molecular flexibility index (Phi) is 7.69. The summed E-state index contributed by atoms with van der Waals surface area (Å²) in [6.45, 7) is 11.6. The molecule has 42 heavy (non-hydrogen) atoms. The third kappa shape index (κ3) is 6.91. The Balaban J connectivity index is 1.42. The highest BCUT2D eigenvalue weighted by Crippen LogP contribution is 2.30. The van der Waals surface area contributed by atoms with Gasteiger partial charge in [0, 0.05) is 28.4 Å². The zero-order chi connectivity index (χ0) is 30.1. The summed E-state index contributed by atoms with van der Waals surface area (Å²) in [5.74, 6) is 1.77. The van der Waals surface area contributed by atoms with E-state index in [4.69, 9.17) is 19.4 Å². The van der Waals surface area contributed by atoms with Crippen molar-refractivity contribution in [2.24, 2.45) is 5.41 Å². The van der Waals surface area contributed by atoms with Crippen LogP contribution in [0.15, 0.2) is 72.9 Å². The average Bonchev–Trinajstić information content (AvgIpc) is 3.34. The monoisotopic (exact) mass is 565 g/mol. The smallest absolute Gasteiger partial charge is 0.435 e. The SMILES string of the molecule is CC(C)(C)CC(=O)COc1cccc(-c2nc(Nc3ccc4c(cnn4C(=O)OC(C)(C)C)c3)c3ccccc3n2)c1. The van der Waals surface area contributed by atoms with Gasteiger partial charge in [-0.05, 0) is 68.7 Å². The zero-order valence-corrected chi connectivity index (χ0v) is 24.8. The number of hydrogen-bond donors (Lipinski definition) is 1. The molecule has 3 aromatic carbocycles. The van der Waals surface area contributed by atoms with Gasteiger partial charge in [-0.15, -0.1) is 0 Å². The molecule has 0 aliphatic rings. The number of rotatable bonds is 7. The number of benzene rings is 3. The second-order valence-electron chi connectivity index (χ2n) is 12.4. The first-order chi connectivity index (χ1) is 19.8. The molecular weight excluding hydrogens is 530 g/mol. The molecule has 2 heterocycles. The molecule has 9 heteroatoms. The molecule has 0 saturated carbocycles. The number of carbonyl (C=O) groups excluding carboxylic acids is 2. The van der Waals surface area contributed by atoms with Crippen molar-refractivity contribution in [1.82, 2.24) is 19.7 Å². The third-order valence-corrected chi connectivity index (χ3v) is 6.22. The fourth-order valence-electron chi connectivity index (χ4n) is 4.53. The molecular formula is C33H35N5O4. The molecule has 9 nitrogen and oxygen atoms in total. The van der Waals surface area contributed by atoms with Crippen molar-refractivity contribution in [2.75, 3.05) is 11.9 Å². The van der Waals surface area contributed by atoms with Crippen LogP contribution in [-0.2, 0) is 9.53 Å². The lowest BCUT2D eigenvalue weighted by molar-refractivity contribution is -0.122. The van der Waals surface area contributed by atoms with Crippen molar-refractivity contribution < 1.29 is 19.1 Å². The predicted molar refractivity (Wildman–Crippen MR) is 164 cm³/mol. The number of fused-ring (bicyclic) bond motifs is 2. The molecule has 0 aliphatic heterocycles. The molecule has 2 aromatic heterocycles. The van der Waals surface area contributed by atoms with Crippen molar-refractivity contribution in [1.29, 1.82) is 0 Å². The number of para-hydroxylation sites is 1. The van der Waals surface area contributed by atoms with Gasteiger partial charge >= 0.3 is 6.09 Å². The summed E-state index contributed by atoms with van der Waals surface area (Å²) in [5, 5.41) is 9.29. The summed E-state index contributed by atoms with van der Waals surface area (Å²) in [6.07, 6.45) is 1.55. The topological polar surface area (TPSA) is 108 Å². The number of carbonyl (C=O) groups is 2. The molecule has 0 spiro atoms. The second kappa shape index (κ2) is 11.2. The Morgan fingerprint density at radius 1 is 0.905 bits per heavy atom. The van der Waals surface area contributed by atoms with E-state index in [1.54, 1.807) is 6.20 Å². The number of nitrogens with one attached hydrogen (secondary N) is 1. The number of Topliss-reactive ketones (excluding diaryl/α,β-unsaturated/α-hetero) is 1. The first-order valence-electron chi connectivity index (χ1n) is 13.8. The normalized spacial score (nSPS) is 12.0. The highest BCUT2D eigenvalue weighted by Gasteiger charge is 2.20. The van der Waals surface area contributed by atoms with Gasteiger partial charge in [-0.2, -0.15) is 9.78 Å². The van der Waals surface area contributed by atoms with Crippen LogP contribution in [-0.4, -0.2) is 43.8 Å². The molecule has 0 saturated heterocycles. The van der Waals surface area contributed by atoms with Crippen molar-refractivity contribution >= 4 is 45.2 Å². The van der Waals surface area contributed by atoms with Crippen molar-refractivity contribution in [3.63, 3.8) is 0 Å². The van der Waals surface area contributed by atoms with Crippen LogP contribution in [0.1, 0.15) is 48.0 Å². The van der Waals surface area contributed by atoms with E-state index in [0.29, 0.717) is 29.3 Å². The highest BCUT2D eigenvalue weighted by molar-refractivity contribution is 5.94. The lowest BCUT2D eigenvalue weighted by atomic mass is 9.90. The molecule has 0 atom stereocenters. The van der Waals surface area contributed by atoms with E-state index in [9.17, 15) is 9.59 Å². The van der Waals surface area contributed by atoms with Crippen LogP contribution >= 0.6 is 0 Å². The van der Waals surface area contributed by atoms with E-state index in [-0.39, 0.29) is 17.8 Å². The number of hydrogen-bond acceptors (Lipinski definition) is 8. The van der Waals surface area contributed by atoms with Gasteiger partial charge in [0.2, 0.25) is 0 Å². The summed E-state index contributed by atoms with van der Waals surface area (Å²) in [6, 6.07) is 20.8. The van der Waals surface area contributed by atoms with Crippen LogP contribution in [0.2, 0.25) is 0 Å². The number of aromatic nitrogens is 4. The van der Waals surface area contributed by atoms with Gasteiger partial charge in [0.25, 0.3) is 0 Å². The summed E-state index contributed by atoms with van der Waals surface area (Å²) >= 11 is 0. The molecule has 1 N–H and O–H groups in total. The molecule has 0 bridgehead atoms. The van der Waals surface area contributed by atoms with E-state index >= 15 is 0 Å². The van der Waals surface area contributed by atoms with Crippen LogP contribution in [0.5, 0.6) is 5.75 Å². The van der Waals surface area contributed by atoms with Crippen LogP contribution in [0.3, 0.4) is 0 Å². The maximum Gasteiger partial charge on any atom is 0.435 e. The highest BCUT2D eigenvalue weighted by atomic mass is 16.6. The molecule has 0 radical (unpaired) electrons. The van der Waals surface area contributed by atoms with Gasteiger partial charge in [-0.1, -0.05) is 45.0 Å². The van der Waals surface area contributed by atoms with Gasteiger partial charge < -0.3 is 14.8 Å². The quantitative estimate of drug-likeness (QED) is 0.215. The standard InChI is InChI=1S/C33H35N5O4/c1-32(2,3)18-24(39)20-41-25-11-9-10-21(17-25)29-36-27-13-8-7-12-26(27)30(37-29)35-23-14-15-28-22(16-23)19-34-38(28)31(40)42-33(4,5)6/h7-17,19H,18,20H2,1-6H3,(H,35,36,37). The summed E-state index contributed by atoms with van der Waals surface area (Å²) in [4.78, 5) is 34.6. The van der Waals surface area contributed by atoms with Crippen LogP contribution in [0.4, 0.5) is 16.3 Å². The third-order valence-electron chi connectivity index (χ3n) is 6.22. The van der Waals surface area contributed by atoms with Crippen molar-refractivity contribution in [3.05, 3.63) is 72.9 Å². The Hall–Kier alpha value is -4.79. The molecule has 0 unspecified atom stereocenters. The Morgan fingerprint density at radius 2 is 1.69 bits per heavy atom. The van der Waals surface area contributed by atoms with Gasteiger partial charge in [-0.3, -0.25) is 4.79 Å². The van der Waals surface area contributed by atoms with E-state index in [1.807, 2.05) is 108 Å². The molecule has 5 rings (SSSR count). The van der Waals surface area contributed by atoms with E-state index in [1.165, 1.54) is 4.68 Å². The summed E-state index contributed by atoms with van der Waals surface area (Å²) < 4.78 is 12.5. The van der Waals surface area contributed by atoms with Crippen LogP contribution in [0.25, 0.3) is 33.2 Å². The fraction of sp³-hybridized carbons (Fsp3) is 0.303. The van der Waals surface area contributed by atoms with Crippen LogP contribution < -0.4 is 10.1 Å². The van der Waals surface area contributed by atoms with Crippen molar-refractivity contribution in [3.8, 4) is 17.1 Å². The largest absolute Gasteiger partial charge is 0.486 e. The molecule has 5 aromatic rings. The van der Waals surface area contributed by atoms with Gasteiger partial charge in [0.1, 0.15) is 23.8 Å². The minimum Gasteiger partial charge on any atom is -0.486 e. The van der Waals surface area contributed by atoms with Crippen molar-refractivity contribution in [2.45, 2.75) is 53.6 Å². The fourth-order valence-corrected chi connectivity index (χ4v) is 4.53. The first-order valence-corrected chi connectivity index (χ1v) is 13.8. The average molecular weight is 566 g/mol. The number of nitrogens with zero attached hydrogens (tertiary/aromatic N) is 4. The number of anilines is 2. The molecule has 0 fully saturated rings. The zero-order valence-electron chi connectivity index (χ0n) is 24.8. The Bertz CT molecular complexity index is 1780. The molecule has 0 amide bonds. The molecule has 216 valence electrons. The van der Waals surface area contributed by atoms with Gasteiger partial charge in [-0.25, -0.2) is 14.8 Å². The summed E-state index contributed by atoms with van der Waals surface area (Å²) in [5.41, 5.74) is 2.23. The second-order valence-corrected chi connectivity index (χ2v) is 12.4. The molecule has 0 aliphatic carbocycles. The predicted octanol–water partition coefficient (Wildman–Crippen LogP) is 7.56. The minimum absolute atomic E-state index is 0.0130. The Morgan fingerprint density at radius 3 is 2.45 bits per heavy atom. The summed E-state index contributed by atoms with van der Waals surface area (Å²) in [7, 11) is 0. The number of ether oxygens (including phenoxy) is 2. The maximum absolute atomic E-state index is 12.6.